The second kappa shape index (κ2) is 6.21. The third kappa shape index (κ3) is 3.36. The van der Waals surface area contributed by atoms with E-state index in [2.05, 4.69) is 10.9 Å². The van der Waals surface area contributed by atoms with Crippen LogP contribution in [0.1, 0.15) is 26.3 Å². The molecule has 0 aliphatic carbocycles. The molecule has 0 saturated carbocycles. The summed E-state index contributed by atoms with van der Waals surface area (Å²) in [4.78, 5) is 23.6. The van der Waals surface area contributed by atoms with Crippen LogP contribution in [-0.4, -0.2) is 16.9 Å². The Hall–Kier alpha value is -3.33. The zero-order valence-corrected chi connectivity index (χ0v) is 10.8. The highest BCUT2D eigenvalue weighted by atomic mass is 16.3. The average Bonchev–Trinajstić information content (AvgIpc) is 2.52. The zero-order valence-electron chi connectivity index (χ0n) is 10.8. The van der Waals surface area contributed by atoms with Crippen molar-refractivity contribution >= 4 is 11.8 Å². The minimum absolute atomic E-state index is 0.0534. The van der Waals surface area contributed by atoms with Gasteiger partial charge in [-0.15, -0.1) is 0 Å². The van der Waals surface area contributed by atoms with Gasteiger partial charge in [-0.25, -0.2) is 0 Å². The Kier molecular flexibility index (Phi) is 4.17. The number of rotatable bonds is 2. The van der Waals surface area contributed by atoms with Crippen LogP contribution in [0.4, 0.5) is 0 Å². The normalized spacial score (nSPS) is 9.48. The van der Waals surface area contributed by atoms with Gasteiger partial charge in [0, 0.05) is 5.56 Å². The number of nitrogens with one attached hydrogen (secondary N) is 2. The first-order valence-corrected chi connectivity index (χ1v) is 6.00. The largest absolute Gasteiger partial charge is 0.507 e. The highest BCUT2D eigenvalue weighted by Crippen LogP contribution is 2.14. The molecule has 2 aromatic rings. The summed E-state index contributed by atoms with van der Waals surface area (Å²) in [5, 5.41) is 18.2. The number of carbonyl (C=O) groups is 2. The standard InChI is InChI=1S/C15H11N3O3/c16-9-10-5-7-11(8-6-10)14(20)17-18-15(21)12-3-1-2-4-13(12)19/h1-8,19H,(H,17,20)(H,18,21). The number of hydrogen-bond donors (Lipinski definition) is 3. The van der Waals surface area contributed by atoms with Crippen LogP contribution in [0.2, 0.25) is 0 Å². The Morgan fingerprint density at radius 2 is 1.57 bits per heavy atom. The molecule has 0 aliphatic heterocycles. The van der Waals surface area contributed by atoms with Crippen molar-refractivity contribution < 1.29 is 14.7 Å². The molecule has 6 heteroatoms. The summed E-state index contributed by atoms with van der Waals surface area (Å²) in [6.45, 7) is 0. The summed E-state index contributed by atoms with van der Waals surface area (Å²) < 4.78 is 0. The molecule has 0 atom stereocenters. The molecule has 0 heterocycles. The Morgan fingerprint density at radius 3 is 2.19 bits per heavy atom. The van der Waals surface area contributed by atoms with E-state index in [1.807, 2.05) is 6.07 Å². The van der Waals surface area contributed by atoms with E-state index in [9.17, 15) is 14.7 Å². The number of amides is 2. The molecule has 2 rings (SSSR count). The quantitative estimate of drug-likeness (QED) is 0.723. The van der Waals surface area contributed by atoms with Crippen LogP contribution in [0.3, 0.4) is 0 Å². The maximum atomic E-state index is 11.8. The fourth-order valence-electron chi connectivity index (χ4n) is 1.61. The summed E-state index contributed by atoms with van der Waals surface area (Å²) >= 11 is 0. The second-order valence-electron chi connectivity index (χ2n) is 4.11. The van der Waals surface area contributed by atoms with Gasteiger partial charge < -0.3 is 5.11 Å². The minimum atomic E-state index is -0.630. The van der Waals surface area contributed by atoms with Crippen LogP contribution in [0.15, 0.2) is 48.5 Å². The van der Waals surface area contributed by atoms with Gasteiger partial charge in [0.15, 0.2) is 0 Å². The lowest BCUT2D eigenvalue weighted by Gasteiger charge is -2.08. The van der Waals surface area contributed by atoms with Crippen molar-refractivity contribution in [1.82, 2.24) is 10.9 Å². The van der Waals surface area contributed by atoms with E-state index >= 15 is 0 Å². The van der Waals surface area contributed by atoms with E-state index in [1.54, 1.807) is 12.1 Å². The number of hydrogen-bond acceptors (Lipinski definition) is 4. The van der Waals surface area contributed by atoms with Crippen molar-refractivity contribution in [2.45, 2.75) is 0 Å². The van der Waals surface area contributed by atoms with E-state index in [-0.39, 0.29) is 11.3 Å². The topological polar surface area (TPSA) is 102 Å². The van der Waals surface area contributed by atoms with Gasteiger partial charge in [-0.05, 0) is 36.4 Å². The monoisotopic (exact) mass is 281 g/mol. The number of nitrogens with zero attached hydrogens (tertiary/aromatic N) is 1. The Balaban J connectivity index is 1.99. The van der Waals surface area contributed by atoms with Crippen molar-refractivity contribution in [3.63, 3.8) is 0 Å². The smallest absolute Gasteiger partial charge is 0.273 e. The summed E-state index contributed by atoms with van der Waals surface area (Å²) in [5.41, 5.74) is 5.22. The van der Waals surface area contributed by atoms with Crippen molar-refractivity contribution in [2.75, 3.05) is 0 Å². The molecule has 2 amide bonds. The Bertz CT molecular complexity index is 718. The first kappa shape index (κ1) is 14.1. The molecule has 0 fully saturated rings. The molecule has 0 aromatic heterocycles. The van der Waals surface area contributed by atoms with Crippen LogP contribution in [-0.2, 0) is 0 Å². The van der Waals surface area contributed by atoms with Gasteiger partial charge in [0.2, 0.25) is 0 Å². The summed E-state index contributed by atoms with van der Waals surface area (Å²) in [7, 11) is 0. The molecule has 0 aliphatic rings. The molecule has 0 bridgehead atoms. The van der Waals surface area contributed by atoms with Crippen molar-refractivity contribution in [1.29, 1.82) is 5.26 Å². The van der Waals surface area contributed by atoms with Crippen molar-refractivity contribution in [3.05, 3.63) is 65.2 Å². The first-order valence-electron chi connectivity index (χ1n) is 6.00. The van der Waals surface area contributed by atoms with Crippen LogP contribution < -0.4 is 10.9 Å². The van der Waals surface area contributed by atoms with E-state index in [1.165, 1.54) is 36.4 Å². The molecule has 0 radical (unpaired) electrons. The summed E-state index contributed by atoms with van der Waals surface area (Å²) in [5.74, 6) is -1.33. The van der Waals surface area contributed by atoms with Crippen molar-refractivity contribution in [3.8, 4) is 11.8 Å². The number of nitriles is 1. The van der Waals surface area contributed by atoms with Gasteiger partial charge in [0.05, 0.1) is 17.2 Å². The van der Waals surface area contributed by atoms with Crippen LogP contribution in [0.25, 0.3) is 0 Å². The summed E-state index contributed by atoms with van der Waals surface area (Å²) in [6.07, 6.45) is 0. The lowest BCUT2D eigenvalue weighted by molar-refractivity contribution is 0.0845. The number of para-hydroxylation sites is 1. The minimum Gasteiger partial charge on any atom is -0.507 e. The van der Waals surface area contributed by atoms with Crippen LogP contribution in [0, 0.1) is 11.3 Å². The SMILES string of the molecule is N#Cc1ccc(C(=O)NNC(=O)c2ccccc2O)cc1. The number of benzene rings is 2. The second-order valence-corrected chi connectivity index (χ2v) is 4.11. The lowest BCUT2D eigenvalue weighted by Crippen LogP contribution is -2.41. The molecule has 6 nitrogen and oxygen atoms in total. The highest BCUT2D eigenvalue weighted by molar-refractivity contribution is 6.00. The average molecular weight is 281 g/mol. The molecule has 0 unspecified atom stereocenters. The van der Waals surface area contributed by atoms with Gasteiger partial charge in [-0.1, -0.05) is 12.1 Å². The highest BCUT2D eigenvalue weighted by Gasteiger charge is 2.11. The molecule has 0 spiro atoms. The fraction of sp³-hybridized carbons (Fsp3) is 0. The summed E-state index contributed by atoms with van der Waals surface area (Å²) in [6, 6.07) is 13.9. The number of hydrazine groups is 1. The van der Waals surface area contributed by atoms with Gasteiger partial charge in [0.1, 0.15) is 5.75 Å². The molecule has 104 valence electrons. The zero-order chi connectivity index (χ0) is 15.2. The number of carbonyl (C=O) groups excluding carboxylic acids is 2. The first-order chi connectivity index (χ1) is 10.1. The van der Waals surface area contributed by atoms with E-state index < -0.39 is 11.8 Å². The molecular formula is C15H11N3O3. The van der Waals surface area contributed by atoms with Gasteiger partial charge in [-0.3, -0.25) is 20.4 Å². The molecule has 21 heavy (non-hydrogen) atoms. The van der Waals surface area contributed by atoms with E-state index in [0.717, 1.165) is 0 Å². The van der Waals surface area contributed by atoms with Gasteiger partial charge in [-0.2, -0.15) is 5.26 Å². The maximum Gasteiger partial charge on any atom is 0.273 e. The van der Waals surface area contributed by atoms with Gasteiger partial charge >= 0.3 is 0 Å². The maximum absolute atomic E-state index is 11.8. The fourth-order valence-corrected chi connectivity index (χ4v) is 1.61. The molecular weight excluding hydrogens is 270 g/mol. The number of phenolic OH excluding ortho intramolecular Hbond substituents is 1. The van der Waals surface area contributed by atoms with Gasteiger partial charge in [0.25, 0.3) is 11.8 Å². The third-order valence-corrected chi connectivity index (χ3v) is 2.71. The van der Waals surface area contributed by atoms with E-state index in [4.69, 9.17) is 5.26 Å². The third-order valence-electron chi connectivity index (χ3n) is 2.71. The number of aromatic hydroxyl groups is 1. The number of phenols is 1. The van der Waals surface area contributed by atoms with Crippen molar-refractivity contribution in [2.24, 2.45) is 0 Å². The molecule has 3 N–H and O–H groups in total. The molecule has 2 aromatic carbocycles. The van der Waals surface area contributed by atoms with E-state index in [0.29, 0.717) is 11.1 Å². The Labute approximate surface area is 120 Å². The predicted octanol–water partition coefficient (Wildman–Crippen LogP) is 1.34. The van der Waals surface area contributed by atoms with Crippen LogP contribution >= 0.6 is 0 Å². The lowest BCUT2D eigenvalue weighted by atomic mass is 10.1. The molecule has 0 saturated heterocycles. The Morgan fingerprint density at radius 1 is 0.952 bits per heavy atom. The predicted molar refractivity (Wildman–Crippen MR) is 74.2 cm³/mol. The van der Waals surface area contributed by atoms with Crippen LogP contribution in [0.5, 0.6) is 5.75 Å².